The van der Waals surface area contributed by atoms with Crippen molar-refractivity contribution in [2.75, 3.05) is 5.73 Å². The van der Waals surface area contributed by atoms with Gasteiger partial charge in [-0.2, -0.15) is 0 Å². The first-order valence-electron chi connectivity index (χ1n) is 4.46. The number of nitrogens with zero attached hydrogens (tertiary/aromatic N) is 1. The van der Waals surface area contributed by atoms with Crippen molar-refractivity contribution in [1.82, 2.24) is 5.16 Å². The highest BCUT2D eigenvalue weighted by Crippen LogP contribution is 2.28. The summed E-state index contributed by atoms with van der Waals surface area (Å²) in [6, 6.07) is 6.13. The normalized spacial score (nSPS) is 10.4. The van der Waals surface area contributed by atoms with Gasteiger partial charge in [-0.15, -0.1) is 0 Å². The molecule has 72 valence electrons. The van der Waals surface area contributed by atoms with Gasteiger partial charge in [0.15, 0.2) is 5.76 Å². The molecule has 0 saturated carbocycles. The van der Waals surface area contributed by atoms with Crippen molar-refractivity contribution in [3.8, 4) is 11.3 Å². The number of rotatable bonds is 1. The Morgan fingerprint density at radius 2 is 2.07 bits per heavy atom. The minimum Gasteiger partial charge on any atom is -0.394 e. The predicted molar refractivity (Wildman–Crippen MR) is 55.8 cm³/mol. The van der Waals surface area contributed by atoms with E-state index >= 15 is 0 Å². The maximum atomic E-state index is 5.72. The largest absolute Gasteiger partial charge is 0.394 e. The Morgan fingerprint density at radius 3 is 2.64 bits per heavy atom. The van der Waals surface area contributed by atoms with E-state index in [4.69, 9.17) is 10.3 Å². The van der Waals surface area contributed by atoms with Gasteiger partial charge in [-0.3, -0.25) is 0 Å². The fraction of sp³-hybridized carbons (Fsp3) is 0.182. The minimum absolute atomic E-state index is 0.581. The van der Waals surface area contributed by atoms with Gasteiger partial charge < -0.3 is 10.3 Å². The second-order valence-electron chi connectivity index (χ2n) is 3.43. The summed E-state index contributed by atoms with van der Waals surface area (Å²) in [6.45, 7) is 4.09. The molecule has 14 heavy (non-hydrogen) atoms. The lowest BCUT2D eigenvalue weighted by Crippen LogP contribution is -1.88. The van der Waals surface area contributed by atoms with Crippen LogP contribution in [0.2, 0.25) is 0 Å². The van der Waals surface area contributed by atoms with Gasteiger partial charge in [0.25, 0.3) is 0 Å². The van der Waals surface area contributed by atoms with E-state index in [1.807, 2.05) is 19.1 Å². The van der Waals surface area contributed by atoms with Crippen LogP contribution in [-0.2, 0) is 0 Å². The first kappa shape index (κ1) is 8.81. The van der Waals surface area contributed by atoms with Gasteiger partial charge in [0.1, 0.15) is 5.69 Å². The first-order chi connectivity index (χ1) is 6.68. The van der Waals surface area contributed by atoms with E-state index in [9.17, 15) is 0 Å². The van der Waals surface area contributed by atoms with Crippen molar-refractivity contribution in [3.05, 3.63) is 35.5 Å². The molecule has 1 aromatic heterocycles. The van der Waals surface area contributed by atoms with Crippen molar-refractivity contribution in [3.63, 3.8) is 0 Å². The topological polar surface area (TPSA) is 52.0 Å². The van der Waals surface area contributed by atoms with Gasteiger partial charge >= 0.3 is 0 Å². The molecule has 0 bridgehead atoms. The summed E-state index contributed by atoms with van der Waals surface area (Å²) in [7, 11) is 0. The van der Waals surface area contributed by atoms with Crippen LogP contribution < -0.4 is 5.73 Å². The third-order valence-corrected chi connectivity index (χ3v) is 2.22. The molecule has 3 heteroatoms. The van der Waals surface area contributed by atoms with Crippen LogP contribution in [-0.4, -0.2) is 5.16 Å². The zero-order valence-electron chi connectivity index (χ0n) is 8.24. The number of hydrogen-bond acceptors (Lipinski definition) is 3. The second-order valence-corrected chi connectivity index (χ2v) is 3.43. The summed E-state index contributed by atoms with van der Waals surface area (Å²) in [6.07, 6.45) is 1.52. The van der Waals surface area contributed by atoms with E-state index < -0.39 is 0 Å². The van der Waals surface area contributed by atoms with E-state index in [1.165, 1.54) is 11.8 Å². The number of anilines is 1. The Bertz CT molecular complexity index is 460. The molecule has 2 N–H and O–H groups in total. The van der Waals surface area contributed by atoms with Gasteiger partial charge in [-0.05, 0) is 19.4 Å². The smallest absolute Gasteiger partial charge is 0.189 e. The molecular weight excluding hydrogens is 176 g/mol. The van der Waals surface area contributed by atoms with Gasteiger partial charge in [-0.1, -0.05) is 28.9 Å². The number of nitrogen functional groups attached to an aromatic ring is 1. The zero-order chi connectivity index (χ0) is 10.1. The van der Waals surface area contributed by atoms with Crippen LogP contribution in [0.5, 0.6) is 0 Å². The Balaban J connectivity index is 2.58. The zero-order valence-corrected chi connectivity index (χ0v) is 8.24. The molecule has 2 aromatic rings. The third-order valence-electron chi connectivity index (χ3n) is 2.22. The molecule has 0 aliphatic carbocycles. The average Bonchev–Trinajstić information content (AvgIpc) is 2.52. The quantitative estimate of drug-likeness (QED) is 0.748. The standard InChI is InChI=1S/C11H12N2O/c1-7-3-4-9(8(2)5-7)11-10(12)6-13-14-11/h3-6H,12H2,1-2H3. The van der Waals surface area contributed by atoms with Crippen molar-refractivity contribution in [2.45, 2.75) is 13.8 Å². The summed E-state index contributed by atoms with van der Waals surface area (Å²) < 4.78 is 5.10. The predicted octanol–water partition coefficient (Wildman–Crippen LogP) is 2.54. The molecule has 1 aromatic carbocycles. The van der Waals surface area contributed by atoms with E-state index in [2.05, 4.69) is 18.1 Å². The Labute approximate surface area is 82.5 Å². The van der Waals surface area contributed by atoms with Gasteiger partial charge in [-0.25, -0.2) is 0 Å². The van der Waals surface area contributed by atoms with Crippen molar-refractivity contribution >= 4 is 5.69 Å². The number of aryl methyl sites for hydroxylation is 2. The molecule has 3 nitrogen and oxygen atoms in total. The molecule has 0 amide bonds. The minimum atomic E-state index is 0.581. The van der Waals surface area contributed by atoms with Crippen molar-refractivity contribution in [2.24, 2.45) is 0 Å². The molecule has 0 radical (unpaired) electrons. The molecule has 1 heterocycles. The number of aromatic nitrogens is 1. The Hall–Kier alpha value is -1.77. The van der Waals surface area contributed by atoms with Crippen molar-refractivity contribution < 1.29 is 4.52 Å². The van der Waals surface area contributed by atoms with Gasteiger partial charge in [0, 0.05) is 5.56 Å². The first-order valence-corrected chi connectivity index (χ1v) is 4.46. The van der Waals surface area contributed by atoms with E-state index in [1.54, 1.807) is 0 Å². The Kier molecular flexibility index (Phi) is 2.00. The SMILES string of the molecule is Cc1ccc(-c2oncc2N)c(C)c1. The molecule has 0 spiro atoms. The fourth-order valence-electron chi connectivity index (χ4n) is 1.52. The van der Waals surface area contributed by atoms with E-state index in [0.29, 0.717) is 11.4 Å². The third kappa shape index (κ3) is 1.37. The Morgan fingerprint density at radius 1 is 1.29 bits per heavy atom. The van der Waals surface area contributed by atoms with Crippen LogP contribution in [0.4, 0.5) is 5.69 Å². The average molecular weight is 188 g/mol. The van der Waals surface area contributed by atoms with Gasteiger partial charge in [0.05, 0.1) is 6.20 Å². The molecule has 0 unspecified atom stereocenters. The number of benzene rings is 1. The highest BCUT2D eigenvalue weighted by molar-refractivity contribution is 5.72. The molecule has 2 rings (SSSR count). The molecule has 0 aliphatic rings. The van der Waals surface area contributed by atoms with Crippen LogP contribution in [0, 0.1) is 13.8 Å². The summed E-state index contributed by atoms with van der Waals surface area (Å²) >= 11 is 0. The lowest BCUT2D eigenvalue weighted by atomic mass is 10.0. The lowest BCUT2D eigenvalue weighted by molar-refractivity contribution is 0.432. The van der Waals surface area contributed by atoms with Crippen LogP contribution in [0.15, 0.2) is 28.9 Å². The molecule has 0 aliphatic heterocycles. The molecule has 0 fully saturated rings. The molecule has 0 atom stereocenters. The summed E-state index contributed by atoms with van der Waals surface area (Å²) in [5.74, 6) is 0.655. The maximum Gasteiger partial charge on any atom is 0.189 e. The summed E-state index contributed by atoms with van der Waals surface area (Å²) in [5, 5.41) is 3.66. The van der Waals surface area contributed by atoms with E-state index in [-0.39, 0.29) is 0 Å². The monoisotopic (exact) mass is 188 g/mol. The highest BCUT2D eigenvalue weighted by Gasteiger charge is 2.09. The summed E-state index contributed by atoms with van der Waals surface area (Å²) in [5.41, 5.74) is 9.68. The highest BCUT2D eigenvalue weighted by atomic mass is 16.5. The molecule has 0 saturated heterocycles. The lowest BCUT2D eigenvalue weighted by Gasteiger charge is -2.03. The number of hydrogen-bond donors (Lipinski definition) is 1. The maximum absolute atomic E-state index is 5.72. The fourth-order valence-corrected chi connectivity index (χ4v) is 1.52. The van der Waals surface area contributed by atoms with Crippen LogP contribution in [0.25, 0.3) is 11.3 Å². The second kappa shape index (κ2) is 3.18. The van der Waals surface area contributed by atoms with Crippen LogP contribution >= 0.6 is 0 Å². The van der Waals surface area contributed by atoms with Gasteiger partial charge in [0.2, 0.25) is 0 Å². The van der Waals surface area contributed by atoms with Crippen molar-refractivity contribution in [1.29, 1.82) is 0 Å². The number of nitrogens with two attached hydrogens (primary N) is 1. The molecular formula is C11H12N2O. The van der Waals surface area contributed by atoms with E-state index in [0.717, 1.165) is 11.1 Å². The van der Waals surface area contributed by atoms with Crippen LogP contribution in [0.3, 0.4) is 0 Å². The summed E-state index contributed by atoms with van der Waals surface area (Å²) in [4.78, 5) is 0. The van der Waals surface area contributed by atoms with Crippen LogP contribution in [0.1, 0.15) is 11.1 Å².